The molecule has 3 rings (SSSR count). The number of carbonyl (C=O) groups excluding carboxylic acids is 1. The smallest absolute Gasteiger partial charge is 0.406 e. The number of ether oxygens (including phenoxy) is 1. The SMILES string of the molecule is O=C1CC[C@H](CCNCc2ccccc2F)N1Cc1cccc(OC(F)(F)F)c1. The number of amides is 1. The van der Waals surface area contributed by atoms with Crippen LogP contribution in [-0.4, -0.2) is 29.8 Å². The maximum Gasteiger partial charge on any atom is 0.573 e. The molecule has 156 valence electrons. The standard InChI is InChI=1S/C21H22F4N2O2/c22-19-7-2-1-5-16(19)13-26-11-10-17-8-9-20(28)27(17)14-15-4-3-6-18(12-15)29-21(23,24)25/h1-7,12,17,26H,8-11,13-14H2/t17-/m1/s1. The van der Waals surface area contributed by atoms with Crippen LogP contribution in [0.3, 0.4) is 0 Å². The van der Waals surface area contributed by atoms with Crippen molar-refractivity contribution in [2.45, 2.75) is 44.8 Å². The van der Waals surface area contributed by atoms with Gasteiger partial charge in [-0.3, -0.25) is 4.79 Å². The molecule has 0 aromatic heterocycles. The molecule has 1 aliphatic rings. The number of alkyl halides is 3. The van der Waals surface area contributed by atoms with Gasteiger partial charge in [0.1, 0.15) is 11.6 Å². The summed E-state index contributed by atoms with van der Waals surface area (Å²) in [4.78, 5) is 13.9. The quantitative estimate of drug-likeness (QED) is 0.518. The van der Waals surface area contributed by atoms with Crippen LogP contribution in [0.5, 0.6) is 5.75 Å². The first kappa shape index (κ1) is 21.1. The summed E-state index contributed by atoms with van der Waals surface area (Å²) in [7, 11) is 0. The van der Waals surface area contributed by atoms with Crippen LogP contribution in [0.25, 0.3) is 0 Å². The van der Waals surface area contributed by atoms with Crippen LogP contribution >= 0.6 is 0 Å². The first-order valence-corrected chi connectivity index (χ1v) is 9.40. The van der Waals surface area contributed by atoms with Gasteiger partial charge in [0.25, 0.3) is 0 Å². The summed E-state index contributed by atoms with van der Waals surface area (Å²) in [5, 5.41) is 3.18. The Morgan fingerprint density at radius 1 is 1.14 bits per heavy atom. The molecule has 1 atom stereocenters. The number of likely N-dealkylation sites (tertiary alicyclic amines) is 1. The fourth-order valence-corrected chi connectivity index (χ4v) is 3.48. The van der Waals surface area contributed by atoms with Crippen molar-refractivity contribution >= 4 is 5.91 Å². The molecule has 2 aromatic rings. The highest BCUT2D eigenvalue weighted by Gasteiger charge is 2.32. The van der Waals surface area contributed by atoms with Crippen molar-refractivity contribution in [1.29, 1.82) is 0 Å². The summed E-state index contributed by atoms with van der Waals surface area (Å²) in [6.45, 7) is 1.22. The molecule has 0 unspecified atom stereocenters. The zero-order valence-electron chi connectivity index (χ0n) is 15.7. The minimum absolute atomic E-state index is 0.0113. The Kier molecular flexibility index (Phi) is 6.74. The average molecular weight is 410 g/mol. The molecule has 0 radical (unpaired) electrons. The van der Waals surface area contributed by atoms with Crippen LogP contribution in [0.1, 0.15) is 30.4 Å². The molecule has 29 heavy (non-hydrogen) atoms. The van der Waals surface area contributed by atoms with E-state index in [2.05, 4.69) is 10.1 Å². The summed E-state index contributed by atoms with van der Waals surface area (Å²) < 4.78 is 54.8. The second kappa shape index (κ2) is 9.26. The van der Waals surface area contributed by atoms with Gasteiger partial charge in [-0.15, -0.1) is 13.2 Å². The lowest BCUT2D eigenvalue weighted by molar-refractivity contribution is -0.274. The van der Waals surface area contributed by atoms with Gasteiger partial charge in [-0.2, -0.15) is 0 Å². The monoisotopic (exact) mass is 410 g/mol. The van der Waals surface area contributed by atoms with Crippen LogP contribution in [0.2, 0.25) is 0 Å². The van der Waals surface area contributed by atoms with Gasteiger partial charge in [-0.05, 0) is 43.1 Å². The lowest BCUT2D eigenvalue weighted by Gasteiger charge is -2.25. The first-order chi connectivity index (χ1) is 13.8. The zero-order valence-corrected chi connectivity index (χ0v) is 15.7. The Bertz CT molecular complexity index is 841. The van der Waals surface area contributed by atoms with Crippen molar-refractivity contribution in [2.24, 2.45) is 0 Å². The third kappa shape index (κ3) is 6.19. The van der Waals surface area contributed by atoms with Crippen LogP contribution in [-0.2, 0) is 17.9 Å². The summed E-state index contributed by atoms with van der Waals surface area (Å²) in [6.07, 6.45) is -2.97. The van der Waals surface area contributed by atoms with Gasteiger partial charge in [0.2, 0.25) is 5.91 Å². The summed E-state index contributed by atoms with van der Waals surface area (Å²) >= 11 is 0. The molecule has 4 nitrogen and oxygen atoms in total. The van der Waals surface area contributed by atoms with E-state index >= 15 is 0 Å². The maximum absolute atomic E-state index is 13.6. The summed E-state index contributed by atoms with van der Waals surface area (Å²) in [6, 6.07) is 12.2. The number of carbonyl (C=O) groups is 1. The van der Waals surface area contributed by atoms with Gasteiger partial charge in [-0.1, -0.05) is 30.3 Å². The van der Waals surface area contributed by atoms with Gasteiger partial charge in [-0.25, -0.2) is 4.39 Å². The molecule has 1 N–H and O–H groups in total. The van der Waals surface area contributed by atoms with Crippen molar-refractivity contribution in [3.8, 4) is 5.75 Å². The van der Waals surface area contributed by atoms with Crippen molar-refractivity contribution in [1.82, 2.24) is 10.2 Å². The molecule has 0 saturated carbocycles. The Hall–Kier alpha value is -2.61. The van der Waals surface area contributed by atoms with Crippen molar-refractivity contribution < 1.29 is 27.1 Å². The number of hydrogen-bond donors (Lipinski definition) is 1. The average Bonchev–Trinajstić information content (AvgIpc) is 2.99. The normalized spacial score (nSPS) is 17.0. The predicted molar refractivity (Wildman–Crippen MR) is 99.4 cm³/mol. The van der Waals surface area contributed by atoms with Crippen molar-refractivity contribution in [2.75, 3.05) is 6.54 Å². The first-order valence-electron chi connectivity index (χ1n) is 9.40. The predicted octanol–water partition coefficient (Wildman–Crippen LogP) is 4.40. The van der Waals surface area contributed by atoms with E-state index in [0.29, 0.717) is 43.5 Å². The Balaban J connectivity index is 1.54. The molecule has 8 heteroatoms. The summed E-state index contributed by atoms with van der Waals surface area (Å²) in [5.74, 6) is -0.588. The molecule has 0 spiro atoms. The van der Waals surface area contributed by atoms with E-state index in [1.54, 1.807) is 29.2 Å². The highest BCUT2D eigenvalue weighted by Crippen LogP contribution is 2.27. The number of hydrogen-bond acceptors (Lipinski definition) is 3. The molecule has 1 heterocycles. The Labute approximate surface area is 166 Å². The third-order valence-electron chi connectivity index (χ3n) is 4.87. The van der Waals surface area contributed by atoms with Gasteiger partial charge < -0.3 is 15.0 Å². The van der Waals surface area contributed by atoms with Crippen molar-refractivity contribution in [3.63, 3.8) is 0 Å². The fourth-order valence-electron chi connectivity index (χ4n) is 3.48. The van der Waals surface area contributed by atoms with E-state index in [9.17, 15) is 22.4 Å². The Morgan fingerprint density at radius 2 is 1.93 bits per heavy atom. The number of halogens is 4. The number of nitrogens with zero attached hydrogens (tertiary/aromatic N) is 1. The molecule has 0 aliphatic carbocycles. The Morgan fingerprint density at radius 3 is 2.69 bits per heavy atom. The lowest BCUT2D eigenvalue weighted by atomic mass is 10.1. The summed E-state index contributed by atoms with van der Waals surface area (Å²) in [5.41, 5.74) is 1.15. The minimum atomic E-state index is -4.76. The zero-order chi connectivity index (χ0) is 20.9. The maximum atomic E-state index is 13.6. The largest absolute Gasteiger partial charge is 0.573 e. The molecule has 0 bridgehead atoms. The van der Waals surface area contributed by atoms with E-state index < -0.39 is 6.36 Å². The molecule has 1 aliphatic heterocycles. The second-order valence-electron chi connectivity index (χ2n) is 6.97. The van der Waals surface area contributed by atoms with Crippen LogP contribution in [0.15, 0.2) is 48.5 Å². The van der Waals surface area contributed by atoms with E-state index in [0.717, 1.165) is 0 Å². The van der Waals surface area contributed by atoms with E-state index in [4.69, 9.17) is 0 Å². The number of rotatable bonds is 8. The molecule has 1 amide bonds. The molecular formula is C21H22F4N2O2. The molecule has 2 aromatic carbocycles. The van der Waals surface area contributed by atoms with Gasteiger partial charge in [0.05, 0.1) is 0 Å². The van der Waals surface area contributed by atoms with Gasteiger partial charge in [0, 0.05) is 31.1 Å². The third-order valence-corrected chi connectivity index (χ3v) is 4.87. The number of nitrogens with one attached hydrogen (secondary N) is 1. The molecule has 1 saturated heterocycles. The minimum Gasteiger partial charge on any atom is -0.406 e. The van der Waals surface area contributed by atoms with Crippen molar-refractivity contribution in [3.05, 3.63) is 65.5 Å². The molecular weight excluding hydrogens is 388 g/mol. The molecule has 1 fully saturated rings. The van der Waals surface area contributed by atoms with E-state index in [1.165, 1.54) is 24.3 Å². The topological polar surface area (TPSA) is 41.6 Å². The van der Waals surface area contributed by atoms with Crippen LogP contribution in [0, 0.1) is 5.82 Å². The highest BCUT2D eigenvalue weighted by atomic mass is 19.4. The highest BCUT2D eigenvalue weighted by molar-refractivity contribution is 5.78. The van der Waals surface area contributed by atoms with Gasteiger partial charge in [0.15, 0.2) is 0 Å². The van der Waals surface area contributed by atoms with Crippen LogP contribution in [0.4, 0.5) is 17.6 Å². The van der Waals surface area contributed by atoms with E-state index in [-0.39, 0.29) is 30.1 Å². The lowest BCUT2D eigenvalue weighted by Crippen LogP contribution is -2.34. The fraction of sp³-hybridized carbons (Fsp3) is 0.381. The second-order valence-corrected chi connectivity index (χ2v) is 6.97. The number of benzene rings is 2. The van der Waals surface area contributed by atoms with Gasteiger partial charge >= 0.3 is 6.36 Å². The van der Waals surface area contributed by atoms with Crippen LogP contribution < -0.4 is 10.1 Å². The van der Waals surface area contributed by atoms with E-state index in [1.807, 2.05) is 0 Å².